The van der Waals surface area contributed by atoms with E-state index in [0.717, 1.165) is 35.8 Å². The number of benzene rings is 1. The van der Waals surface area contributed by atoms with Gasteiger partial charge in [0.25, 0.3) is 0 Å². The monoisotopic (exact) mass is 375 g/mol. The van der Waals surface area contributed by atoms with E-state index in [-0.39, 0.29) is 12.4 Å². The van der Waals surface area contributed by atoms with Crippen molar-refractivity contribution in [2.75, 3.05) is 5.32 Å². The van der Waals surface area contributed by atoms with Crippen molar-refractivity contribution in [3.8, 4) is 0 Å². The van der Waals surface area contributed by atoms with Crippen LogP contribution < -0.4 is 5.32 Å². The first-order chi connectivity index (χ1) is 11.8. The van der Waals surface area contributed by atoms with Crippen LogP contribution in [-0.2, 0) is 13.1 Å². The minimum atomic E-state index is 0. The maximum absolute atomic E-state index is 5.51. The minimum Gasteiger partial charge on any atom is -0.364 e. The molecule has 2 heterocycles. The lowest BCUT2D eigenvalue weighted by atomic mass is 10.2. The number of imidazole rings is 1. The lowest BCUT2D eigenvalue weighted by Gasteiger charge is -2.10. The summed E-state index contributed by atoms with van der Waals surface area (Å²) in [5.41, 5.74) is 3.11. The smallest absolute Gasteiger partial charge is 0.203 e. The van der Waals surface area contributed by atoms with Gasteiger partial charge in [-0.15, -0.1) is 12.4 Å². The maximum Gasteiger partial charge on any atom is 0.203 e. The Balaban J connectivity index is 0.00000182. The van der Waals surface area contributed by atoms with Gasteiger partial charge in [-0.3, -0.25) is 4.57 Å². The molecule has 2 aromatic heterocycles. The molecule has 1 fully saturated rings. The molecule has 4 rings (SSSR count). The van der Waals surface area contributed by atoms with E-state index in [1.165, 1.54) is 18.4 Å². The van der Waals surface area contributed by atoms with Crippen LogP contribution in [0.2, 0.25) is 0 Å². The molecule has 0 spiro atoms. The molecule has 5 nitrogen and oxygen atoms in total. The summed E-state index contributed by atoms with van der Waals surface area (Å²) in [5.74, 6) is 2.44. The van der Waals surface area contributed by atoms with Gasteiger partial charge in [0.1, 0.15) is 11.3 Å². The average Bonchev–Trinajstić information content (AvgIpc) is 3.36. The number of nitrogens with zero attached hydrogens (tertiary/aromatic N) is 3. The number of nitrogens with one attached hydrogen (secondary N) is 2. The van der Waals surface area contributed by atoms with Gasteiger partial charge in [-0.1, -0.05) is 37.3 Å². The van der Waals surface area contributed by atoms with E-state index in [4.69, 9.17) is 17.2 Å². The topological polar surface area (TPSA) is 58.5 Å². The Bertz CT molecular complexity index is 914. The Morgan fingerprint density at radius 3 is 2.68 bits per heavy atom. The van der Waals surface area contributed by atoms with Gasteiger partial charge >= 0.3 is 0 Å². The van der Waals surface area contributed by atoms with Crippen LogP contribution in [0.25, 0.3) is 11.2 Å². The quantitative estimate of drug-likeness (QED) is 0.607. The highest BCUT2D eigenvalue weighted by Crippen LogP contribution is 2.39. The number of H-pyrrole nitrogens is 1. The molecule has 1 aliphatic rings. The third kappa shape index (κ3) is 3.70. The number of fused-ring (bicyclic) bond motifs is 1. The van der Waals surface area contributed by atoms with Crippen LogP contribution in [0, 0.1) is 4.77 Å². The molecule has 1 aromatic carbocycles. The number of rotatable bonds is 6. The van der Waals surface area contributed by atoms with Crippen molar-refractivity contribution in [2.45, 2.75) is 45.2 Å². The Labute approximate surface area is 158 Å². The van der Waals surface area contributed by atoms with E-state index in [0.29, 0.717) is 17.2 Å². The molecule has 0 aliphatic heterocycles. The van der Waals surface area contributed by atoms with Crippen LogP contribution in [-0.4, -0.2) is 19.5 Å². The minimum absolute atomic E-state index is 0. The van der Waals surface area contributed by atoms with Crippen molar-refractivity contribution in [2.24, 2.45) is 0 Å². The molecule has 1 aliphatic carbocycles. The van der Waals surface area contributed by atoms with Crippen molar-refractivity contribution < 1.29 is 0 Å². The fourth-order valence-corrected chi connectivity index (χ4v) is 3.20. The van der Waals surface area contributed by atoms with Gasteiger partial charge in [-0.2, -0.15) is 0 Å². The summed E-state index contributed by atoms with van der Waals surface area (Å²) in [4.78, 5) is 12.9. The lowest BCUT2D eigenvalue weighted by Crippen LogP contribution is -2.08. The zero-order chi connectivity index (χ0) is 16.5. The van der Waals surface area contributed by atoms with Gasteiger partial charge in [-0.05, 0) is 37.0 Å². The van der Waals surface area contributed by atoms with E-state index < -0.39 is 0 Å². The van der Waals surface area contributed by atoms with Crippen molar-refractivity contribution >= 4 is 41.6 Å². The Kier molecular flexibility index (Phi) is 5.39. The molecule has 132 valence electrons. The van der Waals surface area contributed by atoms with Crippen LogP contribution >= 0.6 is 24.6 Å². The fraction of sp³-hybridized carbons (Fsp3) is 0.389. The summed E-state index contributed by atoms with van der Waals surface area (Å²) in [6.45, 7) is 3.70. The lowest BCUT2D eigenvalue weighted by molar-refractivity contribution is 0.670. The van der Waals surface area contributed by atoms with Gasteiger partial charge in [-0.25, -0.2) is 9.97 Å². The summed E-state index contributed by atoms with van der Waals surface area (Å²) in [6, 6.07) is 10.3. The number of hydrogen-bond acceptors (Lipinski definition) is 4. The number of aromatic amines is 1. The largest absolute Gasteiger partial charge is 0.364 e. The second-order valence-electron chi connectivity index (χ2n) is 6.33. The molecule has 2 N–H and O–H groups in total. The van der Waals surface area contributed by atoms with E-state index in [1.807, 2.05) is 22.8 Å². The zero-order valence-corrected chi connectivity index (χ0v) is 15.8. The summed E-state index contributed by atoms with van der Waals surface area (Å²) < 4.78 is 2.63. The fourth-order valence-electron chi connectivity index (χ4n) is 2.93. The summed E-state index contributed by atoms with van der Waals surface area (Å²) >= 11 is 5.51. The molecule has 3 aromatic rings. The number of halogens is 1. The molecule has 0 bridgehead atoms. The Hall–Kier alpha value is -1.92. The van der Waals surface area contributed by atoms with Crippen LogP contribution in [0.4, 0.5) is 5.82 Å². The molecular formula is C18H22ClN5S. The average molecular weight is 376 g/mol. The predicted octanol–water partition coefficient (Wildman–Crippen LogP) is 4.81. The predicted molar refractivity (Wildman–Crippen MR) is 106 cm³/mol. The van der Waals surface area contributed by atoms with Crippen LogP contribution in [0.1, 0.15) is 43.5 Å². The highest BCUT2D eigenvalue weighted by atomic mass is 35.5. The third-order valence-corrected chi connectivity index (χ3v) is 4.66. The first kappa shape index (κ1) is 17.9. The normalized spacial score (nSPS) is 13.6. The van der Waals surface area contributed by atoms with Crippen LogP contribution in [0.3, 0.4) is 0 Å². The highest BCUT2D eigenvalue weighted by molar-refractivity contribution is 7.71. The van der Waals surface area contributed by atoms with E-state index in [2.05, 4.69) is 34.3 Å². The Morgan fingerprint density at radius 2 is 2.00 bits per heavy atom. The van der Waals surface area contributed by atoms with Crippen molar-refractivity contribution in [3.05, 3.63) is 46.5 Å². The van der Waals surface area contributed by atoms with Crippen molar-refractivity contribution in [3.63, 3.8) is 0 Å². The van der Waals surface area contributed by atoms with Gasteiger partial charge in [0.15, 0.2) is 11.5 Å². The third-order valence-electron chi connectivity index (χ3n) is 4.35. The SMILES string of the molecule is CCCn1c(=S)nc(NCc2ccccc2)c2[nH]c(C3CC3)nc21.Cl. The molecular weight excluding hydrogens is 354 g/mol. The van der Waals surface area contributed by atoms with Gasteiger partial charge in [0.2, 0.25) is 4.77 Å². The van der Waals surface area contributed by atoms with Crippen molar-refractivity contribution in [1.29, 1.82) is 0 Å². The second-order valence-corrected chi connectivity index (χ2v) is 6.69. The molecule has 1 saturated carbocycles. The number of aromatic nitrogens is 4. The van der Waals surface area contributed by atoms with E-state index in [1.54, 1.807) is 0 Å². The number of anilines is 1. The van der Waals surface area contributed by atoms with Gasteiger partial charge in [0, 0.05) is 19.0 Å². The first-order valence-electron chi connectivity index (χ1n) is 8.54. The van der Waals surface area contributed by atoms with Crippen molar-refractivity contribution in [1.82, 2.24) is 19.5 Å². The standard InChI is InChI=1S/C18H21N5S.ClH/c1-2-10-23-17-14(20-15(21-17)13-8-9-13)16(22-18(23)24)19-11-12-6-4-3-5-7-12;/h3-7,13H,2,8-11H2,1H3,(H,20,21)(H,19,22,24);1H. The Morgan fingerprint density at radius 1 is 1.24 bits per heavy atom. The van der Waals surface area contributed by atoms with Gasteiger partial charge in [0.05, 0.1) is 0 Å². The zero-order valence-electron chi connectivity index (χ0n) is 14.2. The van der Waals surface area contributed by atoms with E-state index in [9.17, 15) is 0 Å². The molecule has 0 unspecified atom stereocenters. The molecule has 0 saturated heterocycles. The van der Waals surface area contributed by atoms with Gasteiger partial charge < -0.3 is 10.3 Å². The molecule has 0 amide bonds. The number of hydrogen-bond donors (Lipinski definition) is 2. The summed E-state index contributed by atoms with van der Waals surface area (Å²) in [7, 11) is 0. The van der Waals surface area contributed by atoms with Crippen LogP contribution in [0.15, 0.2) is 30.3 Å². The van der Waals surface area contributed by atoms with Crippen LogP contribution in [0.5, 0.6) is 0 Å². The molecule has 25 heavy (non-hydrogen) atoms. The maximum atomic E-state index is 5.51. The molecule has 0 radical (unpaired) electrons. The second kappa shape index (κ2) is 7.54. The molecule has 0 atom stereocenters. The first-order valence-corrected chi connectivity index (χ1v) is 8.95. The highest BCUT2D eigenvalue weighted by Gasteiger charge is 2.28. The molecule has 7 heteroatoms. The summed E-state index contributed by atoms with van der Waals surface area (Å²) in [5, 5.41) is 3.42. The number of aryl methyl sites for hydroxylation is 1. The summed E-state index contributed by atoms with van der Waals surface area (Å²) in [6.07, 6.45) is 3.44. The van der Waals surface area contributed by atoms with E-state index >= 15 is 0 Å².